The van der Waals surface area contributed by atoms with Gasteiger partial charge in [-0.2, -0.15) is 0 Å². The second-order valence-corrected chi connectivity index (χ2v) is 5.73. The van der Waals surface area contributed by atoms with E-state index in [0.29, 0.717) is 17.5 Å². The fourth-order valence-electron chi connectivity index (χ4n) is 3.20. The van der Waals surface area contributed by atoms with Gasteiger partial charge in [0, 0.05) is 24.2 Å². The zero-order valence-electron chi connectivity index (χ0n) is 11.3. The third-order valence-corrected chi connectivity index (χ3v) is 4.43. The summed E-state index contributed by atoms with van der Waals surface area (Å²) < 4.78 is 0. The summed E-state index contributed by atoms with van der Waals surface area (Å²) in [5.41, 5.74) is 0.574. The first-order valence-electron chi connectivity index (χ1n) is 7.22. The molecule has 0 N–H and O–H groups in total. The summed E-state index contributed by atoms with van der Waals surface area (Å²) in [4.78, 5) is 24.3. The minimum absolute atomic E-state index is 0.00970. The predicted molar refractivity (Wildman–Crippen MR) is 74.5 cm³/mol. The molecule has 0 aromatic heterocycles. The maximum absolute atomic E-state index is 12.3. The number of nitro benzene ring substituents is 1. The van der Waals surface area contributed by atoms with E-state index >= 15 is 0 Å². The Kier molecular flexibility index (Phi) is 3.42. The van der Waals surface area contributed by atoms with Crippen LogP contribution in [-0.2, 0) is 0 Å². The summed E-state index contributed by atoms with van der Waals surface area (Å²) in [6, 6.07) is 6.30. The first kappa shape index (κ1) is 13.1. The lowest BCUT2D eigenvalue weighted by atomic mass is 9.87. The Balaban J connectivity index is 1.63. The lowest BCUT2D eigenvalue weighted by Gasteiger charge is -2.21. The Labute approximate surface area is 117 Å². The highest BCUT2D eigenvalue weighted by Crippen LogP contribution is 2.36. The first-order valence-corrected chi connectivity index (χ1v) is 7.22. The van der Waals surface area contributed by atoms with Crippen LogP contribution in [0.5, 0.6) is 0 Å². The van der Waals surface area contributed by atoms with Crippen LogP contribution >= 0.6 is 0 Å². The molecule has 20 heavy (non-hydrogen) atoms. The van der Waals surface area contributed by atoms with Crippen molar-refractivity contribution in [2.24, 2.45) is 5.92 Å². The smallest absolute Gasteiger partial charge is 0.269 e. The first-order chi connectivity index (χ1) is 9.66. The molecule has 1 aromatic carbocycles. The Hall–Kier alpha value is -1.91. The van der Waals surface area contributed by atoms with Crippen LogP contribution in [0, 0.1) is 16.0 Å². The Morgan fingerprint density at radius 3 is 2.40 bits per heavy atom. The predicted octanol–water partition coefficient (Wildman–Crippen LogP) is 3.00. The molecule has 1 amide bonds. The van der Waals surface area contributed by atoms with E-state index in [0.717, 1.165) is 6.54 Å². The molecule has 0 bridgehead atoms. The minimum atomic E-state index is -0.448. The van der Waals surface area contributed by atoms with E-state index in [1.165, 1.54) is 44.2 Å². The van der Waals surface area contributed by atoms with Gasteiger partial charge in [0.05, 0.1) is 11.0 Å². The molecule has 5 heteroatoms. The zero-order chi connectivity index (χ0) is 14.1. The lowest BCUT2D eigenvalue weighted by molar-refractivity contribution is -0.384. The molecule has 1 atom stereocenters. The monoisotopic (exact) mass is 274 g/mol. The molecule has 1 aromatic rings. The SMILES string of the molecule is O=C(c1ccc([N+](=O)[O-])cc1)N1CC1C1CCCCC1. The van der Waals surface area contributed by atoms with Crippen molar-refractivity contribution >= 4 is 11.6 Å². The molecule has 1 saturated carbocycles. The molecular weight excluding hydrogens is 256 g/mol. The molecule has 3 rings (SSSR count). The van der Waals surface area contributed by atoms with Crippen molar-refractivity contribution in [1.29, 1.82) is 0 Å². The maximum Gasteiger partial charge on any atom is 0.269 e. The molecule has 1 unspecified atom stereocenters. The zero-order valence-corrected chi connectivity index (χ0v) is 11.3. The third kappa shape index (κ3) is 2.53. The van der Waals surface area contributed by atoms with E-state index < -0.39 is 4.92 Å². The third-order valence-electron chi connectivity index (χ3n) is 4.43. The highest BCUT2D eigenvalue weighted by molar-refractivity contribution is 5.96. The normalized spacial score (nSPS) is 22.6. The van der Waals surface area contributed by atoms with Gasteiger partial charge in [-0.05, 0) is 30.9 Å². The van der Waals surface area contributed by atoms with Gasteiger partial charge in [-0.25, -0.2) is 0 Å². The average molecular weight is 274 g/mol. The molecule has 1 aliphatic heterocycles. The van der Waals surface area contributed by atoms with Crippen LogP contribution in [0.25, 0.3) is 0 Å². The lowest BCUT2D eigenvalue weighted by Crippen LogP contribution is -2.20. The van der Waals surface area contributed by atoms with Crippen molar-refractivity contribution in [2.45, 2.75) is 38.1 Å². The van der Waals surface area contributed by atoms with E-state index in [9.17, 15) is 14.9 Å². The molecule has 1 heterocycles. The molecule has 2 fully saturated rings. The van der Waals surface area contributed by atoms with Crippen LogP contribution in [0.1, 0.15) is 42.5 Å². The number of nitro groups is 1. The second-order valence-electron chi connectivity index (χ2n) is 5.73. The molecule has 106 valence electrons. The number of hydrogen-bond donors (Lipinski definition) is 0. The van der Waals surface area contributed by atoms with E-state index in [2.05, 4.69) is 0 Å². The van der Waals surface area contributed by atoms with Crippen LogP contribution in [0.3, 0.4) is 0 Å². The fraction of sp³-hybridized carbons (Fsp3) is 0.533. The minimum Gasteiger partial charge on any atom is -0.332 e. The number of non-ortho nitro benzene ring substituents is 1. The van der Waals surface area contributed by atoms with Crippen LogP contribution in [0.15, 0.2) is 24.3 Å². The van der Waals surface area contributed by atoms with Gasteiger partial charge in [0.15, 0.2) is 0 Å². The van der Waals surface area contributed by atoms with Gasteiger partial charge in [0.25, 0.3) is 11.6 Å². The van der Waals surface area contributed by atoms with Gasteiger partial charge in [-0.15, -0.1) is 0 Å². The molecule has 5 nitrogen and oxygen atoms in total. The second kappa shape index (κ2) is 5.23. The Bertz CT molecular complexity index is 520. The number of carbonyl (C=O) groups excluding carboxylic acids is 1. The molecular formula is C15H18N2O3. The molecule has 1 aliphatic carbocycles. The van der Waals surface area contributed by atoms with Crippen molar-refractivity contribution in [3.63, 3.8) is 0 Å². The molecule has 1 saturated heterocycles. The van der Waals surface area contributed by atoms with Crippen molar-refractivity contribution in [3.8, 4) is 0 Å². The fourth-order valence-corrected chi connectivity index (χ4v) is 3.20. The largest absolute Gasteiger partial charge is 0.332 e. The number of nitrogens with zero attached hydrogens (tertiary/aromatic N) is 2. The van der Waals surface area contributed by atoms with Gasteiger partial charge < -0.3 is 4.90 Å². The van der Waals surface area contributed by atoms with E-state index in [1.807, 2.05) is 4.90 Å². The number of rotatable bonds is 3. The Morgan fingerprint density at radius 2 is 1.80 bits per heavy atom. The topological polar surface area (TPSA) is 63.2 Å². The Morgan fingerprint density at radius 1 is 1.15 bits per heavy atom. The summed E-state index contributed by atoms with van der Waals surface area (Å²) in [6.45, 7) is 0.848. The maximum atomic E-state index is 12.3. The van der Waals surface area contributed by atoms with E-state index in [1.54, 1.807) is 12.1 Å². The highest BCUT2D eigenvalue weighted by atomic mass is 16.6. The highest BCUT2D eigenvalue weighted by Gasteiger charge is 2.44. The number of hydrogen-bond acceptors (Lipinski definition) is 3. The molecule has 2 aliphatic rings. The van der Waals surface area contributed by atoms with Crippen molar-refractivity contribution in [2.75, 3.05) is 6.54 Å². The summed E-state index contributed by atoms with van der Waals surface area (Å²) in [6.07, 6.45) is 6.34. The number of amides is 1. The summed E-state index contributed by atoms with van der Waals surface area (Å²) in [5.74, 6) is 0.668. The van der Waals surface area contributed by atoms with Crippen molar-refractivity contribution in [3.05, 3.63) is 39.9 Å². The van der Waals surface area contributed by atoms with E-state index in [-0.39, 0.29) is 11.6 Å². The number of benzene rings is 1. The average Bonchev–Trinajstić information content (AvgIpc) is 3.28. The quantitative estimate of drug-likeness (QED) is 0.483. The molecule has 0 spiro atoms. The summed E-state index contributed by atoms with van der Waals surface area (Å²) in [7, 11) is 0. The van der Waals surface area contributed by atoms with Crippen LogP contribution < -0.4 is 0 Å². The van der Waals surface area contributed by atoms with Crippen molar-refractivity contribution < 1.29 is 9.72 Å². The standard InChI is InChI=1S/C15H18N2O3/c18-15(12-6-8-13(9-7-12)17(19)20)16-10-14(16)11-4-2-1-3-5-11/h6-9,11,14H,1-5,10H2. The number of carbonyl (C=O) groups is 1. The van der Waals surface area contributed by atoms with Gasteiger partial charge in [0.1, 0.15) is 0 Å². The van der Waals surface area contributed by atoms with Crippen molar-refractivity contribution in [1.82, 2.24) is 4.90 Å². The van der Waals surface area contributed by atoms with E-state index in [4.69, 9.17) is 0 Å². The summed E-state index contributed by atoms with van der Waals surface area (Å²) in [5, 5.41) is 10.6. The van der Waals surface area contributed by atoms with Gasteiger partial charge in [-0.3, -0.25) is 14.9 Å². The van der Waals surface area contributed by atoms with Gasteiger partial charge in [-0.1, -0.05) is 19.3 Å². The molecule has 0 radical (unpaired) electrons. The van der Waals surface area contributed by atoms with Gasteiger partial charge >= 0.3 is 0 Å². The van der Waals surface area contributed by atoms with Crippen LogP contribution in [-0.4, -0.2) is 28.3 Å². The van der Waals surface area contributed by atoms with Crippen LogP contribution in [0.2, 0.25) is 0 Å². The summed E-state index contributed by atoms with van der Waals surface area (Å²) >= 11 is 0. The van der Waals surface area contributed by atoms with Gasteiger partial charge in [0.2, 0.25) is 0 Å². The van der Waals surface area contributed by atoms with Crippen LogP contribution in [0.4, 0.5) is 5.69 Å².